The van der Waals surface area contributed by atoms with Crippen LogP contribution in [0.5, 0.6) is 0 Å². The Labute approximate surface area is 106 Å². The number of piperazine rings is 1. The number of carbonyl (C=O) groups excluding carboxylic acids is 1. The molecule has 102 valence electrons. The third kappa shape index (κ3) is 3.20. The number of carboxylic acids is 1. The monoisotopic (exact) mass is 256 g/mol. The molecule has 2 aliphatic rings. The third-order valence-corrected chi connectivity index (χ3v) is 3.55. The van der Waals surface area contributed by atoms with Gasteiger partial charge in [0.25, 0.3) is 0 Å². The van der Waals surface area contributed by atoms with E-state index in [1.807, 2.05) is 0 Å². The van der Waals surface area contributed by atoms with Crippen molar-refractivity contribution < 1.29 is 19.4 Å². The fraction of sp³-hybridized carbons (Fsp3) is 0.833. The van der Waals surface area contributed by atoms with E-state index in [1.165, 1.54) is 4.90 Å². The zero-order valence-corrected chi connectivity index (χ0v) is 10.4. The quantitative estimate of drug-likeness (QED) is 0.730. The molecule has 0 aromatic heterocycles. The minimum absolute atomic E-state index is 0.0700. The normalized spacial score (nSPS) is 28.3. The molecule has 18 heavy (non-hydrogen) atoms. The summed E-state index contributed by atoms with van der Waals surface area (Å²) in [6.07, 6.45) is 3.34. The number of rotatable bonds is 4. The Morgan fingerprint density at radius 3 is 2.94 bits per heavy atom. The highest BCUT2D eigenvalue weighted by Gasteiger charge is 2.32. The standard InChI is InChI=1S/C12H20N2O4/c15-11(4-3-9-2-1-7-18-9)14-6-5-13-8-10(14)12(16)17/h9-10,13H,1-8H2,(H,16,17). The van der Waals surface area contributed by atoms with E-state index in [0.717, 1.165) is 19.4 Å². The van der Waals surface area contributed by atoms with Crippen LogP contribution in [0.25, 0.3) is 0 Å². The van der Waals surface area contributed by atoms with E-state index in [2.05, 4.69) is 5.32 Å². The molecule has 0 bridgehead atoms. The Balaban J connectivity index is 1.83. The summed E-state index contributed by atoms with van der Waals surface area (Å²) in [4.78, 5) is 24.6. The van der Waals surface area contributed by atoms with E-state index in [-0.39, 0.29) is 12.0 Å². The van der Waals surface area contributed by atoms with Gasteiger partial charge in [0.05, 0.1) is 6.10 Å². The fourth-order valence-corrected chi connectivity index (χ4v) is 2.52. The van der Waals surface area contributed by atoms with E-state index < -0.39 is 12.0 Å². The lowest BCUT2D eigenvalue weighted by Crippen LogP contribution is -2.57. The van der Waals surface area contributed by atoms with Crippen molar-refractivity contribution in [3.8, 4) is 0 Å². The van der Waals surface area contributed by atoms with Crippen molar-refractivity contribution in [2.75, 3.05) is 26.2 Å². The van der Waals surface area contributed by atoms with Gasteiger partial charge < -0.3 is 20.1 Å². The van der Waals surface area contributed by atoms with Crippen LogP contribution in [0.2, 0.25) is 0 Å². The number of carboxylic acid groups (broad SMARTS) is 1. The summed E-state index contributed by atoms with van der Waals surface area (Å²) in [7, 11) is 0. The van der Waals surface area contributed by atoms with Crippen LogP contribution < -0.4 is 5.32 Å². The van der Waals surface area contributed by atoms with Crippen LogP contribution in [-0.4, -0.2) is 60.3 Å². The van der Waals surface area contributed by atoms with E-state index in [4.69, 9.17) is 9.84 Å². The molecular formula is C12H20N2O4. The smallest absolute Gasteiger partial charge is 0.327 e. The van der Waals surface area contributed by atoms with Crippen LogP contribution in [0.1, 0.15) is 25.7 Å². The lowest BCUT2D eigenvalue weighted by Gasteiger charge is -2.33. The molecular weight excluding hydrogens is 236 g/mol. The number of nitrogens with zero attached hydrogens (tertiary/aromatic N) is 1. The molecule has 6 nitrogen and oxygen atoms in total. The van der Waals surface area contributed by atoms with Gasteiger partial charge in [-0.05, 0) is 19.3 Å². The van der Waals surface area contributed by atoms with Gasteiger partial charge in [-0.2, -0.15) is 0 Å². The van der Waals surface area contributed by atoms with Crippen LogP contribution >= 0.6 is 0 Å². The molecule has 0 aromatic carbocycles. The topological polar surface area (TPSA) is 78.9 Å². The molecule has 2 saturated heterocycles. The number of amides is 1. The van der Waals surface area contributed by atoms with Gasteiger partial charge >= 0.3 is 5.97 Å². The Bertz CT molecular complexity index is 315. The van der Waals surface area contributed by atoms with Crippen LogP contribution in [0, 0.1) is 0 Å². The summed E-state index contributed by atoms with van der Waals surface area (Å²) in [5.41, 5.74) is 0. The Morgan fingerprint density at radius 1 is 1.44 bits per heavy atom. The first-order valence-corrected chi connectivity index (χ1v) is 6.53. The maximum Gasteiger partial charge on any atom is 0.327 e. The largest absolute Gasteiger partial charge is 0.480 e. The first-order valence-electron chi connectivity index (χ1n) is 6.53. The summed E-state index contributed by atoms with van der Waals surface area (Å²) in [5.74, 6) is -1.01. The molecule has 2 fully saturated rings. The van der Waals surface area contributed by atoms with Crippen molar-refractivity contribution >= 4 is 11.9 Å². The third-order valence-electron chi connectivity index (χ3n) is 3.55. The molecule has 2 rings (SSSR count). The van der Waals surface area contributed by atoms with Crippen LogP contribution in [0.4, 0.5) is 0 Å². The number of hydrogen-bond donors (Lipinski definition) is 2. The summed E-state index contributed by atoms with van der Waals surface area (Å²) in [5, 5.41) is 12.1. The summed E-state index contributed by atoms with van der Waals surface area (Å²) in [6, 6.07) is -0.726. The van der Waals surface area contributed by atoms with Gasteiger partial charge in [-0.25, -0.2) is 4.79 Å². The van der Waals surface area contributed by atoms with E-state index >= 15 is 0 Å². The lowest BCUT2D eigenvalue weighted by atomic mass is 10.1. The Kier molecular flexibility index (Phi) is 4.54. The van der Waals surface area contributed by atoms with Crippen LogP contribution in [0.3, 0.4) is 0 Å². The van der Waals surface area contributed by atoms with Crippen molar-refractivity contribution in [1.82, 2.24) is 10.2 Å². The van der Waals surface area contributed by atoms with Gasteiger partial charge in [0.1, 0.15) is 6.04 Å². The van der Waals surface area contributed by atoms with Crippen LogP contribution in [0.15, 0.2) is 0 Å². The van der Waals surface area contributed by atoms with Gasteiger partial charge in [0.15, 0.2) is 0 Å². The first-order chi connectivity index (χ1) is 8.68. The highest BCUT2D eigenvalue weighted by Crippen LogP contribution is 2.18. The maximum atomic E-state index is 12.0. The van der Waals surface area contributed by atoms with Gasteiger partial charge in [0, 0.05) is 32.7 Å². The number of aliphatic carboxylic acids is 1. The molecule has 0 saturated carbocycles. The van der Waals surface area contributed by atoms with Crippen molar-refractivity contribution in [2.45, 2.75) is 37.8 Å². The minimum Gasteiger partial charge on any atom is -0.480 e. The molecule has 0 aliphatic carbocycles. The lowest BCUT2D eigenvalue weighted by molar-refractivity contribution is -0.151. The molecule has 0 spiro atoms. The average molecular weight is 256 g/mol. The van der Waals surface area contributed by atoms with E-state index in [1.54, 1.807) is 0 Å². The SMILES string of the molecule is O=C(O)C1CNCCN1C(=O)CCC1CCCO1. The predicted octanol–water partition coefficient (Wildman–Crippen LogP) is -0.169. The second-order valence-electron chi connectivity index (χ2n) is 4.82. The molecule has 0 aromatic rings. The molecule has 2 aliphatic heterocycles. The molecule has 2 atom stereocenters. The number of nitrogens with one attached hydrogen (secondary N) is 1. The zero-order chi connectivity index (χ0) is 13.0. The van der Waals surface area contributed by atoms with Crippen LogP contribution in [-0.2, 0) is 14.3 Å². The number of ether oxygens (including phenoxy) is 1. The first kappa shape index (κ1) is 13.3. The molecule has 2 N–H and O–H groups in total. The van der Waals surface area contributed by atoms with Gasteiger partial charge in [-0.1, -0.05) is 0 Å². The molecule has 1 amide bonds. The molecule has 0 radical (unpaired) electrons. The molecule has 6 heteroatoms. The minimum atomic E-state index is -0.937. The van der Waals surface area contributed by atoms with E-state index in [9.17, 15) is 9.59 Å². The van der Waals surface area contributed by atoms with Gasteiger partial charge in [-0.3, -0.25) is 4.79 Å². The Morgan fingerprint density at radius 2 is 2.28 bits per heavy atom. The van der Waals surface area contributed by atoms with Crippen molar-refractivity contribution in [2.24, 2.45) is 0 Å². The van der Waals surface area contributed by atoms with E-state index in [0.29, 0.717) is 32.5 Å². The van der Waals surface area contributed by atoms with Crippen molar-refractivity contribution in [1.29, 1.82) is 0 Å². The zero-order valence-electron chi connectivity index (χ0n) is 10.4. The molecule has 2 unspecified atom stereocenters. The highest BCUT2D eigenvalue weighted by molar-refractivity contribution is 5.84. The Hall–Kier alpha value is -1.14. The van der Waals surface area contributed by atoms with Gasteiger partial charge in [-0.15, -0.1) is 0 Å². The number of hydrogen-bond acceptors (Lipinski definition) is 4. The predicted molar refractivity (Wildman–Crippen MR) is 64.2 cm³/mol. The van der Waals surface area contributed by atoms with Crippen molar-refractivity contribution in [3.63, 3.8) is 0 Å². The fourth-order valence-electron chi connectivity index (χ4n) is 2.52. The second-order valence-corrected chi connectivity index (χ2v) is 4.82. The number of carbonyl (C=O) groups is 2. The highest BCUT2D eigenvalue weighted by atomic mass is 16.5. The second kappa shape index (κ2) is 6.15. The van der Waals surface area contributed by atoms with Gasteiger partial charge in [0.2, 0.25) is 5.91 Å². The summed E-state index contributed by atoms with van der Waals surface area (Å²) in [6.45, 7) is 2.25. The summed E-state index contributed by atoms with van der Waals surface area (Å²) >= 11 is 0. The van der Waals surface area contributed by atoms with Crippen molar-refractivity contribution in [3.05, 3.63) is 0 Å². The maximum absolute atomic E-state index is 12.0. The average Bonchev–Trinajstić information content (AvgIpc) is 2.89. The molecule has 2 heterocycles. The summed E-state index contributed by atoms with van der Waals surface area (Å²) < 4.78 is 5.47.